The molecule has 1 saturated carbocycles. The number of piperidine rings is 2. The Morgan fingerprint density at radius 2 is 2.13 bits per heavy atom. The highest BCUT2D eigenvalue weighted by Gasteiger charge is 2.42. The van der Waals surface area contributed by atoms with Crippen LogP contribution < -0.4 is 5.32 Å². The Morgan fingerprint density at radius 1 is 1.23 bits per heavy atom. The van der Waals surface area contributed by atoms with Gasteiger partial charge in [0.25, 0.3) is 0 Å². The highest BCUT2D eigenvalue weighted by molar-refractivity contribution is 7.09. The van der Waals surface area contributed by atoms with Crippen LogP contribution in [0.1, 0.15) is 48.6 Å². The fourth-order valence-corrected chi connectivity index (χ4v) is 5.72. The summed E-state index contributed by atoms with van der Waals surface area (Å²) in [6, 6.07) is 5.96. The normalized spacial score (nSPS) is 25.4. The zero-order valence-electron chi connectivity index (χ0n) is 18.1. The molecule has 3 aliphatic rings. The van der Waals surface area contributed by atoms with Crippen LogP contribution >= 0.6 is 11.3 Å². The van der Waals surface area contributed by atoms with Crippen LogP contribution in [0.3, 0.4) is 0 Å². The summed E-state index contributed by atoms with van der Waals surface area (Å²) in [6.07, 6.45) is 6.78. The van der Waals surface area contributed by atoms with Crippen LogP contribution in [0.5, 0.6) is 0 Å². The van der Waals surface area contributed by atoms with Gasteiger partial charge in [0.05, 0.1) is 6.54 Å². The first-order chi connectivity index (χ1) is 14.7. The molecular weight excluding hydrogens is 394 g/mol. The maximum atomic E-state index is 4.99. The van der Waals surface area contributed by atoms with Crippen LogP contribution in [-0.2, 0) is 20.1 Å². The lowest BCUT2D eigenvalue weighted by Gasteiger charge is -2.48. The van der Waals surface area contributed by atoms with Crippen LogP contribution in [0.2, 0.25) is 0 Å². The Kier molecular flexibility index (Phi) is 5.78. The molecule has 2 saturated heterocycles. The van der Waals surface area contributed by atoms with E-state index in [9.17, 15) is 0 Å². The number of thiophene rings is 1. The number of guanidine groups is 1. The molecule has 0 radical (unpaired) electrons. The topological polar surface area (TPSA) is 61.6 Å². The van der Waals surface area contributed by atoms with Gasteiger partial charge in [0, 0.05) is 37.1 Å². The molecule has 30 heavy (non-hydrogen) atoms. The van der Waals surface area contributed by atoms with Gasteiger partial charge in [-0.1, -0.05) is 6.07 Å². The summed E-state index contributed by atoms with van der Waals surface area (Å²) >= 11 is 1.79. The monoisotopic (exact) mass is 427 g/mol. The van der Waals surface area contributed by atoms with Crippen LogP contribution in [0.25, 0.3) is 0 Å². The van der Waals surface area contributed by atoms with Gasteiger partial charge < -0.3 is 14.8 Å². The van der Waals surface area contributed by atoms with Gasteiger partial charge >= 0.3 is 0 Å². The van der Waals surface area contributed by atoms with Crippen LogP contribution in [0, 0.1) is 12.8 Å². The van der Waals surface area contributed by atoms with Gasteiger partial charge in [0.2, 0.25) is 0 Å². The fourth-order valence-electron chi connectivity index (χ4n) is 5.08. The average Bonchev–Trinajstić information content (AvgIpc) is 3.39. The molecule has 0 bridgehead atoms. The van der Waals surface area contributed by atoms with Crippen molar-refractivity contribution < 1.29 is 0 Å². The van der Waals surface area contributed by atoms with Gasteiger partial charge in [-0.3, -0.25) is 4.90 Å². The molecule has 0 amide bonds. The third-order valence-electron chi connectivity index (χ3n) is 6.98. The van der Waals surface area contributed by atoms with Gasteiger partial charge in [-0.05, 0) is 62.9 Å². The summed E-state index contributed by atoms with van der Waals surface area (Å²) in [5, 5.41) is 14.3. The van der Waals surface area contributed by atoms with E-state index in [0.717, 1.165) is 55.2 Å². The Morgan fingerprint density at radius 3 is 2.87 bits per heavy atom. The predicted octanol–water partition coefficient (Wildman–Crippen LogP) is 2.78. The summed E-state index contributed by atoms with van der Waals surface area (Å²) in [5.74, 6) is 3.62. The first-order valence-corrected chi connectivity index (χ1v) is 12.2. The number of likely N-dealkylation sites (tertiary alicyclic amines) is 2. The largest absolute Gasteiger partial charge is 0.351 e. The zero-order valence-corrected chi connectivity index (χ0v) is 18.9. The van der Waals surface area contributed by atoms with E-state index in [0.29, 0.717) is 6.54 Å². The summed E-state index contributed by atoms with van der Waals surface area (Å²) < 4.78 is 2.03. The summed E-state index contributed by atoms with van der Waals surface area (Å²) in [6.45, 7) is 6.88. The minimum Gasteiger partial charge on any atom is -0.351 e. The smallest absolute Gasteiger partial charge is 0.194 e. The Hall–Kier alpha value is -1.93. The third-order valence-corrected chi connectivity index (χ3v) is 7.86. The van der Waals surface area contributed by atoms with Crippen molar-refractivity contribution >= 4 is 17.3 Å². The molecule has 1 aliphatic carbocycles. The minimum atomic E-state index is 0.558. The van der Waals surface area contributed by atoms with Crippen molar-refractivity contribution in [1.82, 2.24) is 29.9 Å². The number of rotatable bonds is 5. The molecule has 5 rings (SSSR count). The van der Waals surface area contributed by atoms with Gasteiger partial charge in [-0.2, -0.15) is 0 Å². The van der Waals surface area contributed by atoms with Crippen molar-refractivity contribution in [2.24, 2.45) is 18.0 Å². The van der Waals surface area contributed by atoms with E-state index < -0.39 is 0 Å². The standard InChI is InChI=1S/C22H33N7S/c1-16-25-26-21(27(16)2)14-24-22(23-13-19-6-4-12-30-19)28-11-9-20-17(15-28)5-3-10-29(20)18-7-8-18/h4,6,12,17-18,20H,3,5,7-11,13-15H2,1-2H3,(H,23,24). The molecule has 2 aliphatic heterocycles. The number of fused-ring (bicyclic) bond motifs is 1. The first-order valence-electron chi connectivity index (χ1n) is 11.4. The van der Waals surface area contributed by atoms with Crippen molar-refractivity contribution in [3.05, 3.63) is 34.0 Å². The van der Waals surface area contributed by atoms with Gasteiger partial charge in [0.15, 0.2) is 11.8 Å². The van der Waals surface area contributed by atoms with E-state index in [1.165, 1.54) is 43.5 Å². The molecule has 2 aromatic rings. The van der Waals surface area contributed by atoms with E-state index in [4.69, 9.17) is 4.99 Å². The lowest BCUT2D eigenvalue weighted by molar-refractivity contribution is 0.0369. The minimum absolute atomic E-state index is 0.558. The molecule has 0 aromatic carbocycles. The van der Waals surface area contributed by atoms with E-state index >= 15 is 0 Å². The van der Waals surface area contributed by atoms with E-state index in [2.05, 4.69) is 42.8 Å². The molecule has 2 aromatic heterocycles. The number of aryl methyl sites for hydroxylation is 1. The maximum absolute atomic E-state index is 4.99. The number of nitrogens with zero attached hydrogens (tertiary/aromatic N) is 6. The van der Waals surface area contributed by atoms with Gasteiger partial charge in [0.1, 0.15) is 12.4 Å². The predicted molar refractivity (Wildman–Crippen MR) is 120 cm³/mol. The van der Waals surface area contributed by atoms with E-state index in [1.54, 1.807) is 11.3 Å². The van der Waals surface area contributed by atoms with Crippen LogP contribution in [0.4, 0.5) is 0 Å². The molecule has 3 fully saturated rings. The molecule has 4 heterocycles. The summed E-state index contributed by atoms with van der Waals surface area (Å²) in [5.41, 5.74) is 0. The second kappa shape index (κ2) is 8.67. The number of aromatic nitrogens is 3. The molecule has 8 heteroatoms. The maximum Gasteiger partial charge on any atom is 0.194 e. The molecule has 0 spiro atoms. The first kappa shape index (κ1) is 20.0. The summed E-state index contributed by atoms with van der Waals surface area (Å²) in [7, 11) is 2.01. The third kappa shape index (κ3) is 4.25. The highest BCUT2D eigenvalue weighted by Crippen LogP contribution is 2.38. The highest BCUT2D eigenvalue weighted by atomic mass is 32.1. The lowest BCUT2D eigenvalue weighted by atomic mass is 9.83. The van der Waals surface area contributed by atoms with Crippen molar-refractivity contribution in [2.45, 2.75) is 64.2 Å². The van der Waals surface area contributed by atoms with Crippen LogP contribution in [-0.4, -0.2) is 62.2 Å². The molecule has 7 nitrogen and oxygen atoms in total. The van der Waals surface area contributed by atoms with Crippen molar-refractivity contribution in [3.63, 3.8) is 0 Å². The Bertz CT molecular complexity index is 870. The number of nitrogens with one attached hydrogen (secondary N) is 1. The quantitative estimate of drug-likeness (QED) is 0.587. The van der Waals surface area contributed by atoms with Crippen molar-refractivity contribution in [2.75, 3.05) is 19.6 Å². The number of hydrogen-bond donors (Lipinski definition) is 1. The second-order valence-electron chi connectivity index (χ2n) is 8.97. The number of hydrogen-bond acceptors (Lipinski definition) is 5. The zero-order chi connectivity index (χ0) is 20.5. The molecule has 1 N–H and O–H groups in total. The van der Waals surface area contributed by atoms with Gasteiger partial charge in [-0.15, -0.1) is 21.5 Å². The van der Waals surface area contributed by atoms with Gasteiger partial charge in [-0.25, -0.2) is 4.99 Å². The van der Waals surface area contributed by atoms with Crippen molar-refractivity contribution in [3.8, 4) is 0 Å². The van der Waals surface area contributed by atoms with E-state index in [1.807, 2.05) is 18.5 Å². The second-order valence-corrected chi connectivity index (χ2v) is 10.0. The molecule has 2 atom stereocenters. The molecule has 162 valence electrons. The Balaban J connectivity index is 1.30. The lowest BCUT2D eigenvalue weighted by Crippen LogP contribution is -2.57. The fraction of sp³-hybridized carbons (Fsp3) is 0.682. The Labute approximate surface area is 183 Å². The molecular formula is C22H33N7S. The van der Waals surface area contributed by atoms with E-state index in [-0.39, 0.29) is 0 Å². The number of aliphatic imine (C=N–C) groups is 1. The average molecular weight is 428 g/mol. The summed E-state index contributed by atoms with van der Waals surface area (Å²) in [4.78, 5) is 11.7. The molecule has 2 unspecified atom stereocenters. The SMILES string of the molecule is Cc1nnc(CN=C(NCc2cccs2)N2CCC3C(CCCN3C3CC3)C2)n1C. The van der Waals surface area contributed by atoms with Crippen molar-refractivity contribution in [1.29, 1.82) is 0 Å². The van der Waals surface area contributed by atoms with Crippen LogP contribution in [0.15, 0.2) is 22.5 Å².